The van der Waals surface area contributed by atoms with Crippen LogP contribution >= 0.6 is 0 Å². The SMILES string of the molecule is CN(C(=O)CC1=Cc2ccccc2C1)[C@@H]1CCCC[C@H]1N1CCCC1. The lowest BCUT2D eigenvalue weighted by atomic mass is 9.88. The Morgan fingerprint density at radius 3 is 2.68 bits per heavy atom. The van der Waals surface area contributed by atoms with Crippen molar-refractivity contribution < 1.29 is 4.79 Å². The largest absolute Gasteiger partial charge is 0.341 e. The van der Waals surface area contributed by atoms with Crippen molar-refractivity contribution in [2.24, 2.45) is 0 Å². The van der Waals surface area contributed by atoms with Gasteiger partial charge in [-0.3, -0.25) is 9.69 Å². The van der Waals surface area contributed by atoms with E-state index in [0.29, 0.717) is 24.4 Å². The van der Waals surface area contributed by atoms with Crippen LogP contribution in [-0.2, 0) is 11.2 Å². The highest BCUT2D eigenvalue weighted by Gasteiger charge is 2.35. The van der Waals surface area contributed by atoms with Crippen LogP contribution < -0.4 is 0 Å². The molecule has 1 aromatic carbocycles. The second-order valence-electron chi connectivity index (χ2n) is 8.02. The van der Waals surface area contributed by atoms with Crippen molar-refractivity contribution in [3.05, 3.63) is 41.0 Å². The van der Waals surface area contributed by atoms with Gasteiger partial charge in [0.1, 0.15) is 0 Å². The summed E-state index contributed by atoms with van der Waals surface area (Å²) in [4.78, 5) is 17.7. The van der Waals surface area contributed by atoms with Crippen molar-refractivity contribution in [3.63, 3.8) is 0 Å². The van der Waals surface area contributed by atoms with Crippen molar-refractivity contribution in [3.8, 4) is 0 Å². The van der Waals surface area contributed by atoms with E-state index in [1.54, 1.807) is 0 Å². The Bertz CT molecular complexity index is 660. The molecule has 25 heavy (non-hydrogen) atoms. The van der Waals surface area contributed by atoms with Crippen LogP contribution in [0.3, 0.4) is 0 Å². The van der Waals surface area contributed by atoms with Gasteiger partial charge in [0.15, 0.2) is 0 Å². The van der Waals surface area contributed by atoms with E-state index < -0.39 is 0 Å². The van der Waals surface area contributed by atoms with Crippen molar-refractivity contribution in [2.75, 3.05) is 20.1 Å². The third-order valence-electron chi connectivity index (χ3n) is 6.40. The van der Waals surface area contributed by atoms with Gasteiger partial charge < -0.3 is 4.90 Å². The first-order valence-electron chi connectivity index (χ1n) is 9.99. The Balaban J connectivity index is 1.41. The van der Waals surface area contributed by atoms with E-state index in [0.717, 1.165) is 6.42 Å². The molecule has 0 bridgehead atoms. The number of fused-ring (bicyclic) bond motifs is 1. The zero-order chi connectivity index (χ0) is 17.2. The predicted octanol–water partition coefficient (Wildman–Crippen LogP) is 3.88. The Labute approximate surface area is 151 Å². The minimum Gasteiger partial charge on any atom is -0.341 e. The van der Waals surface area contributed by atoms with Crippen LogP contribution in [-0.4, -0.2) is 47.9 Å². The standard InChI is InChI=1S/C22H30N2O/c1-23(20-10-4-5-11-21(20)24-12-6-7-13-24)22(25)16-17-14-18-8-2-3-9-19(18)15-17/h2-3,8-9,14,20-21H,4-7,10-13,15-16H2,1H3/t20-,21-/m1/s1. The molecule has 1 saturated heterocycles. The predicted molar refractivity (Wildman–Crippen MR) is 102 cm³/mol. The Hall–Kier alpha value is -1.61. The minimum absolute atomic E-state index is 0.301. The maximum atomic E-state index is 13.0. The number of amides is 1. The Morgan fingerprint density at radius 1 is 1.12 bits per heavy atom. The molecule has 2 fully saturated rings. The number of carbonyl (C=O) groups excluding carboxylic acids is 1. The summed E-state index contributed by atoms with van der Waals surface area (Å²) in [7, 11) is 2.05. The van der Waals surface area contributed by atoms with Crippen LogP contribution in [0.15, 0.2) is 29.8 Å². The molecule has 0 radical (unpaired) electrons. The summed E-state index contributed by atoms with van der Waals surface area (Å²) in [5.41, 5.74) is 3.92. The zero-order valence-electron chi connectivity index (χ0n) is 15.4. The van der Waals surface area contributed by atoms with Crippen LogP contribution in [0.25, 0.3) is 6.08 Å². The van der Waals surface area contributed by atoms with E-state index in [1.807, 2.05) is 7.05 Å². The third-order valence-corrected chi connectivity index (χ3v) is 6.40. The first-order valence-corrected chi connectivity index (χ1v) is 9.99. The molecule has 1 amide bonds. The van der Waals surface area contributed by atoms with E-state index >= 15 is 0 Å². The number of nitrogens with zero attached hydrogens (tertiary/aromatic N) is 2. The van der Waals surface area contributed by atoms with Gasteiger partial charge in [-0.15, -0.1) is 0 Å². The summed E-state index contributed by atoms with van der Waals surface area (Å²) in [5.74, 6) is 0.301. The topological polar surface area (TPSA) is 23.6 Å². The second-order valence-corrected chi connectivity index (χ2v) is 8.02. The normalized spacial score (nSPS) is 26.4. The van der Waals surface area contributed by atoms with E-state index in [2.05, 4.69) is 40.1 Å². The molecular formula is C22H30N2O. The highest BCUT2D eigenvalue weighted by molar-refractivity contribution is 5.82. The molecule has 134 valence electrons. The lowest BCUT2D eigenvalue weighted by molar-refractivity contribution is -0.133. The number of hydrogen-bond donors (Lipinski definition) is 0. The van der Waals surface area contributed by atoms with Gasteiger partial charge >= 0.3 is 0 Å². The van der Waals surface area contributed by atoms with E-state index in [-0.39, 0.29) is 0 Å². The van der Waals surface area contributed by atoms with Gasteiger partial charge in [-0.2, -0.15) is 0 Å². The van der Waals surface area contributed by atoms with Crippen LogP contribution in [0.1, 0.15) is 56.1 Å². The molecule has 3 nitrogen and oxygen atoms in total. The molecule has 3 heteroatoms. The van der Waals surface area contributed by atoms with Gasteiger partial charge in [0.25, 0.3) is 0 Å². The molecule has 1 heterocycles. The summed E-state index contributed by atoms with van der Waals surface area (Å²) in [6.07, 6.45) is 11.4. The number of rotatable bonds is 4. The molecule has 0 unspecified atom stereocenters. The number of benzene rings is 1. The first-order chi connectivity index (χ1) is 12.2. The molecule has 0 aromatic heterocycles. The van der Waals surface area contributed by atoms with E-state index in [1.165, 1.54) is 68.3 Å². The number of likely N-dealkylation sites (N-methyl/N-ethyl adjacent to an activating group) is 1. The van der Waals surface area contributed by atoms with Gasteiger partial charge in [0.05, 0.1) is 0 Å². The van der Waals surface area contributed by atoms with Gasteiger partial charge in [0, 0.05) is 25.6 Å². The summed E-state index contributed by atoms with van der Waals surface area (Å²) in [5, 5.41) is 0. The maximum absolute atomic E-state index is 13.0. The first kappa shape index (κ1) is 16.8. The quantitative estimate of drug-likeness (QED) is 0.832. The average molecular weight is 338 g/mol. The van der Waals surface area contributed by atoms with E-state index in [9.17, 15) is 4.79 Å². The van der Waals surface area contributed by atoms with E-state index in [4.69, 9.17) is 0 Å². The summed E-state index contributed by atoms with van der Waals surface area (Å²) < 4.78 is 0. The Kier molecular flexibility index (Phi) is 4.93. The molecule has 2 atom stereocenters. The fourth-order valence-electron chi connectivity index (χ4n) is 5.01. The summed E-state index contributed by atoms with van der Waals surface area (Å²) in [6, 6.07) is 9.49. The average Bonchev–Trinajstić information content (AvgIpc) is 3.30. The molecule has 1 saturated carbocycles. The lowest BCUT2D eigenvalue weighted by Crippen LogP contribution is -2.53. The zero-order valence-corrected chi connectivity index (χ0v) is 15.4. The lowest BCUT2D eigenvalue weighted by Gasteiger charge is -2.42. The second kappa shape index (κ2) is 7.33. The van der Waals surface area contributed by atoms with Crippen molar-refractivity contribution in [1.29, 1.82) is 0 Å². The smallest absolute Gasteiger partial charge is 0.226 e. The van der Waals surface area contributed by atoms with Crippen LogP contribution in [0.5, 0.6) is 0 Å². The number of hydrogen-bond acceptors (Lipinski definition) is 2. The Morgan fingerprint density at radius 2 is 1.88 bits per heavy atom. The summed E-state index contributed by atoms with van der Waals surface area (Å²) in [6.45, 7) is 2.45. The van der Waals surface area contributed by atoms with Gasteiger partial charge in [-0.1, -0.05) is 48.8 Å². The fourth-order valence-corrected chi connectivity index (χ4v) is 5.01. The van der Waals surface area contributed by atoms with Crippen LogP contribution in [0, 0.1) is 0 Å². The van der Waals surface area contributed by atoms with Gasteiger partial charge in [-0.05, 0) is 56.3 Å². The number of carbonyl (C=O) groups is 1. The van der Waals surface area contributed by atoms with Crippen molar-refractivity contribution >= 4 is 12.0 Å². The highest BCUT2D eigenvalue weighted by Crippen LogP contribution is 2.31. The van der Waals surface area contributed by atoms with Crippen LogP contribution in [0.2, 0.25) is 0 Å². The molecule has 0 spiro atoms. The van der Waals surface area contributed by atoms with Crippen LogP contribution in [0.4, 0.5) is 0 Å². The fraction of sp³-hybridized carbons (Fsp3) is 0.591. The van der Waals surface area contributed by atoms with Gasteiger partial charge in [0.2, 0.25) is 5.91 Å². The number of likely N-dealkylation sites (tertiary alicyclic amines) is 1. The molecule has 2 aliphatic carbocycles. The van der Waals surface area contributed by atoms with Crippen molar-refractivity contribution in [1.82, 2.24) is 9.80 Å². The maximum Gasteiger partial charge on any atom is 0.226 e. The molecule has 1 aromatic rings. The molecule has 4 rings (SSSR count). The molecule has 1 aliphatic heterocycles. The minimum atomic E-state index is 0.301. The highest BCUT2D eigenvalue weighted by atomic mass is 16.2. The van der Waals surface area contributed by atoms with Crippen molar-refractivity contribution in [2.45, 2.75) is 63.5 Å². The molecular weight excluding hydrogens is 308 g/mol. The third kappa shape index (κ3) is 3.52. The molecule has 3 aliphatic rings. The van der Waals surface area contributed by atoms with Gasteiger partial charge in [-0.25, -0.2) is 0 Å². The molecule has 0 N–H and O–H groups in total. The monoisotopic (exact) mass is 338 g/mol. The summed E-state index contributed by atoms with van der Waals surface area (Å²) >= 11 is 0.